The highest BCUT2D eigenvalue weighted by molar-refractivity contribution is 6.42. The van der Waals surface area contributed by atoms with Gasteiger partial charge >= 0.3 is 0 Å². The predicted octanol–water partition coefficient (Wildman–Crippen LogP) is 2.58. The molecule has 4 saturated heterocycles. The van der Waals surface area contributed by atoms with Gasteiger partial charge in [0.15, 0.2) is 5.78 Å². The number of benzene rings is 2. The minimum Gasteiger partial charge on any atom is -1.00 e. The van der Waals surface area contributed by atoms with Crippen LogP contribution in [0.4, 0.5) is 0 Å². The van der Waals surface area contributed by atoms with Crippen molar-refractivity contribution in [3.8, 4) is 5.75 Å². The number of nitrogens with one attached hydrogen (secondary N) is 1. The molecule has 0 aliphatic carbocycles. The molecule has 222 valence electrons. The van der Waals surface area contributed by atoms with Gasteiger partial charge in [-0.25, -0.2) is 0 Å². The number of carbonyl (C=O) groups excluding carboxylic acids is 1. The molecule has 4 heterocycles. The summed E-state index contributed by atoms with van der Waals surface area (Å²) < 4.78 is 13.6. The van der Waals surface area contributed by atoms with Crippen LogP contribution in [0.3, 0.4) is 0 Å². The predicted molar refractivity (Wildman–Crippen MR) is 157 cm³/mol. The Bertz CT molecular complexity index is 1130. The Morgan fingerprint density at radius 2 is 1.80 bits per heavy atom. The molecular weight excluding hydrogens is 571 g/mol. The summed E-state index contributed by atoms with van der Waals surface area (Å²) in [4.78, 5) is 13.9. The molecular formula is C31H43Cl3N2O4. The molecule has 4 aliphatic heterocycles. The van der Waals surface area contributed by atoms with E-state index in [0.29, 0.717) is 26.9 Å². The molecule has 4 unspecified atom stereocenters. The lowest BCUT2D eigenvalue weighted by atomic mass is 9.71. The molecule has 0 amide bonds. The van der Waals surface area contributed by atoms with Gasteiger partial charge in [0.05, 0.1) is 41.3 Å². The van der Waals surface area contributed by atoms with Crippen LogP contribution in [0.25, 0.3) is 0 Å². The molecule has 4 fully saturated rings. The molecule has 0 aromatic heterocycles. The summed E-state index contributed by atoms with van der Waals surface area (Å²) in [5.41, 5.74) is 2.18. The van der Waals surface area contributed by atoms with Gasteiger partial charge in [-0.1, -0.05) is 41.4 Å². The third-order valence-electron chi connectivity index (χ3n) is 8.95. The maximum Gasteiger partial charge on any atom is 0.201 e. The van der Waals surface area contributed by atoms with E-state index in [1.54, 1.807) is 0 Å². The average Bonchev–Trinajstić information content (AvgIpc) is 2.91. The smallest absolute Gasteiger partial charge is 0.201 e. The number of piperidine rings is 4. The van der Waals surface area contributed by atoms with E-state index < -0.39 is 0 Å². The molecule has 2 aromatic carbocycles. The number of ketones is 1. The number of hydrogen-bond acceptors (Lipinski definition) is 4. The molecule has 0 saturated carbocycles. The van der Waals surface area contributed by atoms with E-state index in [1.165, 1.54) is 5.56 Å². The van der Waals surface area contributed by atoms with Crippen LogP contribution < -0.4 is 22.5 Å². The molecule has 6 rings (SSSR count). The van der Waals surface area contributed by atoms with Crippen LogP contribution >= 0.6 is 23.2 Å². The standard InChI is InChI=1S/C31H41Cl2N2O3.ClH.H2O/c1-20(2)37-25-7-4-6-22(16-25)17-29(36)21(3)35-14-11-23(12-15-35)30(24-9-10-27(32)28(33)18-24)31(35)38-26-8-5-13-34-19-26;;/h4,6-7,9-10,16,18,20-21,23,26,30-31,34H,5,8,11-15,17,19H2,1-3H3;1H;1H2/q+1;;/p-1. The highest BCUT2D eigenvalue weighted by atomic mass is 35.5. The van der Waals surface area contributed by atoms with Crippen molar-refractivity contribution >= 4 is 29.0 Å². The zero-order valence-electron chi connectivity index (χ0n) is 23.7. The van der Waals surface area contributed by atoms with Crippen molar-refractivity contribution in [3.05, 3.63) is 63.6 Å². The average molecular weight is 614 g/mol. The topological polar surface area (TPSA) is 79.1 Å². The van der Waals surface area contributed by atoms with Gasteiger partial charge in [-0.3, -0.25) is 9.28 Å². The highest BCUT2D eigenvalue weighted by Crippen LogP contribution is 2.51. The first-order valence-corrected chi connectivity index (χ1v) is 15.0. The zero-order chi connectivity index (χ0) is 26.9. The number of quaternary nitrogens is 1. The van der Waals surface area contributed by atoms with Crippen molar-refractivity contribution in [3.63, 3.8) is 0 Å². The molecule has 4 atom stereocenters. The summed E-state index contributed by atoms with van der Waals surface area (Å²) in [6.07, 6.45) is 4.90. The summed E-state index contributed by atoms with van der Waals surface area (Å²) in [6.45, 7) is 10.00. The van der Waals surface area contributed by atoms with Crippen LogP contribution in [0, 0.1) is 5.92 Å². The van der Waals surface area contributed by atoms with Crippen molar-refractivity contribution < 1.29 is 36.6 Å². The van der Waals surface area contributed by atoms with E-state index >= 15 is 0 Å². The number of Topliss-reactive ketones (excluding diaryl/α,β-unsaturated/α-hetero) is 1. The Morgan fingerprint density at radius 3 is 2.45 bits per heavy atom. The molecule has 2 aromatic rings. The van der Waals surface area contributed by atoms with E-state index in [-0.39, 0.29) is 54.1 Å². The van der Waals surface area contributed by atoms with Crippen LogP contribution in [-0.2, 0) is 16.0 Å². The number of ether oxygens (including phenoxy) is 2. The Labute approximate surface area is 255 Å². The number of rotatable bonds is 9. The van der Waals surface area contributed by atoms with E-state index in [9.17, 15) is 4.79 Å². The molecule has 3 N–H and O–H groups in total. The Hall–Kier alpha value is -1.38. The number of nitrogens with zero attached hydrogens (tertiary/aromatic N) is 1. The van der Waals surface area contributed by atoms with Crippen LogP contribution in [0.15, 0.2) is 42.5 Å². The largest absolute Gasteiger partial charge is 1.00 e. The lowest BCUT2D eigenvalue weighted by Crippen LogP contribution is -3.00. The number of halogens is 3. The second-order valence-corrected chi connectivity index (χ2v) is 12.5. The zero-order valence-corrected chi connectivity index (χ0v) is 25.9. The fourth-order valence-corrected chi connectivity index (χ4v) is 7.28. The Balaban J connectivity index is 0.00000220. The minimum absolute atomic E-state index is 0. The third kappa shape index (κ3) is 6.97. The van der Waals surface area contributed by atoms with E-state index in [4.69, 9.17) is 32.7 Å². The highest BCUT2D eigenvalue weighted by Gasteiger charge is 2.59. The minimum atomic E-state index is -0.169. The second-order valence-electron chi connectivity index (χ2n) is 11.7. The van der Waals surface area contributed by atoms with Crippen molar-refractivity contribution in [1.29, 1.82) is 0 Å². The van der Waals surface area contributed by atoms with Crippen LogP contribution in [0.5, 0.6) is 5.75 Å². The van der Waals surface area contributed by atoms with Crippen molar-refractivity contribution in [2.75, 3.05) is 26.2 Å². The van der Waals surface area contributed by atoms with E-state index in [0.717, 1.165) is 63.2 Å². The van der Waals surface area contributed by atoms with Crippen LogP contribution in [0.1, 0.15) is 63.5 Å². The van der Waals surface area contributed by atoms with Gasteiger partial charge in [0.25, 0.3) is 0 Å². The normalized spacial score (nSPS) is 28.4. The summed E-state index contributed by atoms with van der Waals surface area (Å²) in [6, 6.07) is 13.8. The van der Waals surface area contributed by atoms with Gasteiger partial charge < -0.3 is 32.7 Å². The lowest BCUT2D eigenvalue weighted by Gasteiger charge is -2.60. The first kappa shape index (κ1) is 33.1. The first-order chi connectivity index (χ1) is 18.3. The van der Waals surface area contributed by atoms with Gasteiger partial charge in [-0.2, -0.15) is 0 Å². The summed E-state index contributed by atoms with van der Waals surface area (Å²) in [7, 11) is 0. The molecule has 9 heteroatoms. The van der Waals surface area contributed by atoms with E-state index in [2.05, 4.69) is 18.3 Å². The second kappa shape index (κ2) is 14.2. The van der Waals surface area contributed by atoms with Gasteiger partial charge in [-0.05, 0) is 81.5 Å². The molecule has 2 bridgehead atoms. The molecule has 40 heavy (non-hydrogen) atoms. The third-order valence-corrected chi connectivity index (χ3v) is 9.69. The fraction of sp³-hybridized carbons (Fsp3) is 0.581. The summed E-state index contributed by atoms with van der Waals surface area (Å²) in [5, 5.41) is 4.66. The maximum absolute atomic E-state index is 13.9. The van der Waals surface area contributed by atoms with Crippen molar-refractivity contribution in [2.45, 2.75) is 83.3 Å². The summed E-state index contributed by atoms with van der Waals surface area (Å²) in [5.74, 6) is 1.78. The Kier molecular flexibility index (Phi) is 11.8. The van der Waals surface area contributed by atoms with E-state index in [1.807, 2.05) is 50.2 Å². The van der Waals surface area contributed by atoms with Gasteiger partial charge in [0.2, 0.25) is 6.23 Å². The van der Waals surface area contributed by atoms with Gasteiger partial charge in [-0.15, -0.1) is 0 Å². The fourth-order valence-electron chi connectivity index (χ4n) is 6.97. The van der Waals surface area contributed by atoms with Crippen LogP contribution in [0.2, 0.25) is 10.0 Å². The SMILES string of the molecule is CC(C)Oc1cccc(CC(=O)C(C)[N+]23CCC(CC2)C(c2ccc(Cl)c(Cl)c2)C3OC2CCCNC2)c1.O.[Cl-]. The maximum atomic E-state index is 13.9. The number of carbonyl (C=O) groups is 1. The molecule has 6 nitrogen and oxygen atoms in total. The number of fused-ring (bicyclic) bond motifs is 3. The monoisotopic (exact) mass is 612 g/mol. The summed E-state index contributed by atoms with van der Waals surface area (Å²) >= 11 is 12.8. The molecule has 0 spiro atoms. The van der Waals surface area contributed by atoms with Crippen LogP contribution in [-0.4, -0.2) is 66.4 Å². The van der Waals surface area contributed by atoms with Gasteiger partial charge in [0.1, 0.15) is 11.8 Å². The van der Waals surface area contributed by atoms with Gasteiger partial charge in [0, 0.05) is 25.8 Å². The number of hydrogen-bond donors (Lipinski definition) is 1. The Morgan fingerprint density at radius 1 is 1.05 bits per heavy atom. The molecule has 0 radical (unpaired) electrons. The van der Waals surface area contributed by atoms with Crippen molar-refractivity contribution in [1.82, 2.24) is 5.32 Å². The first-order valence-electron chi connectivity index (χ1n) is 14.2. The lowest BCUT2D eigenvalue weighted by molar-refractivity contribution is -1.00. The van der Waals surface area contributed by atoms with Crippen molar-refractivity contribution in [2.24, 2.45) is 5.92 Å². The molecule has 4 aliphatic rings. The quantitative estimate of drug-likeness (QED) is 0.441.